The van der Waals surface area contributed by atoms with Gasteiger partial charge in [0.1, 0.15) is 17.3 Å². The van der Waals surface area contributed by atoms with Crippen LogP contribution in [0.1, 0.15) is 6.92 Å². The van der Waals surface area contributed by atoms with E-state index in [0.29, 0.717) is 0 Å². The quantitative estimate of drug-likeness (QED) is 0.636. The van der Waals surface area contributed by atoms with Gasteiger partial charge in [-0.3, -0.25) is 0 Å². The molecule has 3 nitrogen and oxygen atoms in total. The van der Waals surface area contributed by atoms with E-state index < -0.39 is 17.6 Å². The number of ether oxygens (including phenoxy) is 1. The van der Waals surface area contributed by atoms with Crippen LogP contribution in [0.3, 0.4) is 0 Å². The summed E-state index contributed by atoms with van der Waals surface area (Å²) in [5.74, 6) is -2.07. The first-order valence-electron chi connectivity index (χ1n) is 4.55. The van der Waals surface area contributed by atoms with Gasteiger partial charge in [-0.25, -0.2) is 13.6 Å². The molecule has 0 aliphatic rings. The van der Waals surface area contributed by atoms with E-state index in [1.54, 1.807) is 6.92 Å². The number of methoxy groups -OCH3 is 1. The monoisotopic (exact) mass is 227 g/mol. The second-order valence-electron chi connectivity index (χ2n) is 2.94. The maximum Gasteiger partial charge on any atom is 0.354 e. The summed E-state index contributed by atoms with van der Waals surface area (Å²) >= 11 is 0. The molecule has 0 unspecified atom stereocenters. The molecule has 0 atom stereocenters. The molecule has 1 aromatic rings. The average molecular weight is 227 g/mol. The molecule has 0 aromatic heterocycles. The maximum atomic E-state index is 13.2. The largest absolute Gasteiger partial charge is 0.464 e. The van der Waals surface area contributed by atoms with Gasteiger partial charge in [-0.15, -0.1) is 0 Å². The fourth-order valence-corrected chi connectivity index (χ4v) is 1.09. The molecule has 0 saturated carbocycles. The summed E-state index contributed by atoms with van der Waals surface area (Å²) in [5, 5.41) is 2.52. The van der Waals surface area contributed by atoms with Crippen LogP contribution in [0.25, 0.3) is 0 Å². The molecule has 5 heteroatoms. The van der Waals surface area contributed by atoms with E-state index in [2.05, 4.69) is 10.1 Å². The van der Waals surface area contributed by atoms with E-state index in [0.717, 1.165) is 12.1 Å². The second-order valence-corrected chi connectivity index (χ2v) is 2.94. The molecular weight excluding hydrogens is 216 g/mol. The predicted octanol–water partition coefficient (Wildman–Crippen LogP) is 2.45. The Labute approximate surface area is 91.7 Å². The smallest absolute Gasteiger partial charge is 0.354 e. The van der Waals surface area contributed by atoms with E-state index in [-0.39, 0.29) is 11.4 Å². The van der Waals surface area contributed by atoms with Crippen molar-refractivity contribution in [2.45, 2.75) is 6.92 Å². The molecule has 0 radical (unpaired) electrons. The molecule has 1 N–H and O–H groups in total. The number of hydrogen-bond acceptors (Lipinski definition) is 3. The molecule has 0 heterocycles. The first kappa shape index (κ1) is 12.2. The summed E-state index contributed by atoms with van der Waals surface area (Å²) in [6.45, 7) is 1.60. The van der Waals surface area contributed by atoms with Gasteiger partial charge in [0, 0.05) is 6.07 Å². The van der Waals surface area contributed by atoms with Gasteiger partial charge < -0.3 is 10.1 Å². The van der Waals surface area contributed by atoms with Crippen LogP contribution < -0.4 is 5.32 Å². The summed E-state index contributed by atoms with van der Waals surface area (Å²) in [4.78, 5) is 11.2. The van der Waals surface area contributed by atoms with E-state index in [1.165, 1.54) is 19.3 Å². The lowest BCUT2D eigenvalue weighted by atomic mass is 10.2. The van der Waals surface area contributed by atoms with Crippen LogP contribution in [0, 0.1) is 11.6 Å². The van der Waals surface area contributed by atoms with Crippen molar-refractivity contribution in [2.24, 2.45) is 0 Å². The van der Waals surface area contributed by atoms with Crippen molar-refractivity contribution in [3.05, 3.63) is 41.6 Å². The van der Waals surface area contributed by atoms with Crippen molar-refractivity contribution >= 4 is 11.7 Å². The zero-order valence-electron chi connectivity index (χ0n) is 8.88. The molecule has 1 aromatic carbocycles. The molecule has 0 amide bonds. The SMILES string of the molecule is C/C=C(/Nc1ccc(F)cc1F)C(=O)OC. The lowest BCUT2D eigenvalue weighted by molar-refractivity contribution is -0.135. The number of anilines is 1. The highest BCUT2D eigenvalue weighted by Gasteiger charge is 2.11. The van der Waals surface area contributed by atoms with E-state index in [9.17, 15) is 13.6 Å². The van der Waals surface area contributed by atoms with Gasteiger partial charge in [-0.05, 0) is 19.1 Å². The number of carbonyl (C=O) groups is 1. The number of hydrogen-bond donors (Lipinski definition) is 1. The minimum Gasteiger partial charge on any atom is -0.464 e. The highest BCUT2D eigenvalue weighted by molar-refractivity contribution is 5.91. The van der Waals surface area contributed by atoms with Crippen LogP contribution >= 0.6 is 0 Å². The molecule has 0 spiro atoms. The number of benzene rings is 1. The van der Waals surface area contributed by atoms with Gasteiger partial charge in [0.2, 0.25) is 0 Å². The van der Waals surface area contributed by atoms with Crippen molar-refractivity contribution in [3.63, 3.8) is 0 Å². The molecular formula is C11H11F2NO2. The lowest BCUT2D eigenvalue weighted by Crippen LogP contribution is -2.13. The molecule has 1 rings (SSSR count). The zero-order chi connectivity index (χ0) is 12.1. The molecule has 0 saturated heterocycles. The van der Waals surface area contributed by atoms with Crippen molar-refractivity contribution < 1.29 is 18.3 Å². The number of carbonyl (C=O) groups excluding carboxylic acids is 1. The molecule has 16 heavy (non-hydrogen) atoms. The summed E-state index contributed by atoms with van der Waals surface area (Å²) in [7, 11) is 1.22. The first-order chi connectivity index (χ1) is 7.58. The Balaban J connectivity index is 2.91. The fourth-order valence-electron chi connectivity index (χ4n) is 1.09. The van der Waals surface area contributed by atoms with Crippen molar-refractivity contribution in [1.82, 2.24) is 0 Å². The summed E-state index contributed by atoms with van der Waals surface area (Å²) in [6.07, 6.45) is 1.44. The maximum absolute atomic E-state index is 13.2. The third-order valence-electron chi connectivity index (χ3n) is 1.89. The highest BCUT2D eigenvalue weighted by atomic mass is 19.1. The van der Waals surface area contributed by atoms with Crippen molar-refractivity contribution in [3.8, 4) is 0 Å². The number of allylic oxidation sites excluding steroid dienone is 1. The van der Waals surface area contributed by atoms with Gasteiger partial charge in [0.05, 0.1) is 12.8 Å². The normalized spacial score (nSPS) is 11.1. The van der Waals surface area contributed by atoms with E-state index >= 15 is 0 Å². The van der Waals surface area contributed by atoms with Crippen LogP contribution in [0.5, 0.6) is 0 Å². The summed E-state index contributed by atoms with van der Waals surface area (Å²) in [5.41, 5.74) is 0.105. The summed E-state index contributed by atoms with van der Waals surface area (Å²) in [6, 6.07) is 3.03. The second kappa shape index (κ2) is 5.25. The fraction of sp³-hybridized carbons (Fsp3) is 0.182. The Bertz CT molecular complexity index is 430. The Morgan fingerprint density at radius 2 is 2.12 bits per heavy atom. The standard InChI is InChI=1S/C11H11F2NO2/c1-3-9(11(15)16-2)14-10-5-4-7(12)6-8(10)13/h3-6,14H,1-2H3/b9-3+. The topological polar surface area (TPSA) is 38.3 Å². The minimum absolute atomic E-state index is 0.0138. The van der Waals surface area contributed by atoms with Crippen LogP contribution in [-0.2, 0) is 9.53 Å². The van der Waals surface area contributed by atoms with Gasteiger partial charge in [-0.1, -0.05) is 6.08 Å². The average Bonchev–Trinajstić information content (AvgIpc) is 2.27. The van der Waals surface area contributed by atoms with Gasteiger partial charge >= 0.3 is 5.97 Å². The predicted molar refractivity (Wildman–Crippen MR) is 55.8 cm³/mol. The number of esters is 1. The first-order valence-corrected chi connectivity index (χ1v) is 4.55. The molecule has 86 valence electrons. The Kier molecular flexibility index (Phi) is 3.99. The van der Waals surface area contributed by atoms with Gasteiger partial charge in [-0.2, -0.15) is 0 Å². The van der Waals surface area contributed by atoms with Crippen LogP contribution in [-0.4, -0.2) is 13.1 Å². The lowest BCUT2D eigenvalue weighted by Gasteiger charge is -2.09. The van der Waals surface area contributed by atoms with Crippen LogP contribution in [0.2, 0.25) is 0 Å². The molecule has 0 aliphatic heterocycles. The van der Waals surface area contributed by atoms with Crippen LogP contribution in [0.4, 0.5) is 14.5 Å². The van der Waals surface area contributed by atoms with Crippen LogP contribution in [0.15, 0.2) is 30.0 Å². The Morgan fingerprint density at radius 3 is 2.62 bits per heavy atom. The van der Waals surface area contributed by atoms with E-state index in [4.69, 9.17) is 0 Å². The summed E-state index contributed by atoms with van der Waals surface area (Å²) < 4.78 is 30.3. The van der Waals surface area contributed by atoms with Crippen molar-refractivity contribution in [2.75, 3.05) is 12.4 Å². The van der Waals surface area contributed by atoms with Crippen molar-refractivity contribution in [1.29, 1.82) is 0 Å². The highest BCUT2D eigenvalue weighted by Crippen LogP contribution is 2.17. The number of nitrogens with one attached hydrogen (secondary N) is 1. The third kappa shape index (κ3) is 2.79. The Hall–Kier alpha value is -1.91. The minimum atomic E-state index is -0.775. The van der Waals surface area contributed by atoms with Gasteiger partial charge in [0.15, 0.2) is 0 Å². The number of rotatable bonds is 3. The zero-order valence-corrected chi connectivity index (χ0v) is 8.88. The molecule has 0 aliphatic carbocycles. The third-order valence-corrected chi connectivity index (χ3v) is 1.89. The molecule has 0 bridgehead atoms. The van der Waals surface area contributed by atoms with Gasteiger partial charge in [0.25, 0.3) is 0 Å². The molecule has 0 fully saturated rings. The Morgan fingerprint density at radius 1 is 1.44 bits per heavy atom. The van der Waals surface area contributed by atoms with E-state index in [1.807, 2.05) is 0 Å². The number of halogens is 2.